The van der Waals surface area contributed by atoms with Crippen molar-refractivity contribution < 1.29 is 8.83 Å². The normalized spacial score (nSPS) is 9.25. The quantitative estimate of drug-likeness (QED) is 0.624. The number of nitrogens with zero attached hydrogens (tertiary/aromatic N) is 2. The first-order valence-corrected chi connectivity index (χ1v) is 4.74. The van der Waals surface area contributed by atoms with Crippen LogP contribution in [0.2, 0.25) is 0 Å². The van der Waals surface area contributed by atoms with Crippen molar-refractivity contribution >= 4 is 0 Å². The number of hydrogen-bond donors (Lipinski definition) is 0. The third kappa shape index (κ3) is 2.81. The second kappa shape index (κ2) is 5.50. The van der Waals surface area contributed by atoms with Crippen LogP contribution < -0.4 is 0 Å². The molecule has 3 heterocycles. The molecule has 0 saturated heterocycles. The summed E-state index contributed by atoms with van der Waals surface area (Å²) in [7, 11) is 0. The highest BCUT2D eigenvalue weighted by Gasteiger charge is 1.97. The Kier molecular flexibility index (Phi) is 3.50. The van der Waals surface area contributed by atoms with Gasteiger partial charge in [-0.05, 0) is 24.3 Å². The van der Waals surface area contributed by atoms with Gasteiger partial charge in [-0.3, -0.25) is 4.98 Å². The van der Waals surface area contributed by atoms with E-state index >= 15 is 0 Å². The summed E-state index contributed by atoms with van der Waals surface area (Å²) in [6, 6.07) is 9.47. The van der Waals surface area contributed by atoms with Crippen molar-refractivity contribution in [3.05, 3.63) is 61.6 Å². The van der Waals surface area contributed by atoms with Gasteiger partial charge in [0.05, 0.1) is 12.5 Å². The van der Waals surface area contributed by atoms with E-state index in [2.05, 4.69) is 14.4 Å². The van der Waals surface area contributed by atoms with Crippen LogP contribution in [0.25, 0.3) is 11.5 Å². The van der Waals surface area contributed by atoms with Crippen LogP contribution in [0.1, 0.15) is 0 Å². The van der Waals surface area contributed by atoms with Gasteiger partial charge in [0.15, 0.2) is 12.2 Å². The number of furan rings is 1. The molecule has 0 amide bonds. The molecule has 0 aromatic carbocycles. The molecule has 0 saturated carbocycles. The molecule has 4 heteroatoms. The summed E-state index contributed by atoms with van der Waals surface area (Å²) in [4.78, 5) is 7.68. The fourth-order valence-electron chi connectivity index (χ4n) is 1.11. The molecular formula is C12H10N2O2. The van der Waals surface area contributed by atoms with Gasteiger partial charge in [-0.2, -0.15) is 0 Å². The molecule has 3 rings (SSSR count). The lowest BCUT2D eigenvalue weighted by molar-refractivity contribution is 0.558. The number of rotatable bonds is 1. The lowest BCUT2D eigenvalue weighted by atomic mass is 10.3. The molecule has 80 valence electrons. The van der Waals surface area contributed by atoms with Crippen molar-refractivity contribution in [3.63, 3.8) is 0 Å². The summed E-state index contributed by atoms with van der Waals surface area (Å²) in [5.41, 5.74) is 0.873. The standard InChI is InChI=1S/C9H7NO.C3H3NO/c1-2-6-10-8(4-1)9-5-3-7-11-9;1-2-5-3-4-1/h1-7H;1-3H. The zero-order valence-corrected chi connectivity index (χ0v) is 8.48. The van der Waals surface area contributed by atoms with E-state index in [0.29, 0.717) is 0 Å². The Morgan fingerprint density at radius 1 is 0.938 bits per heavy atom. The second-order valence-corrected chi connectivity index (χ2v) is 2.87. The van der Waals surface area contributed by atoms with Gasteiger partial charge in [-0.15, -0.1) is 0 Å². The molecule has 0 unspecified atom stereocenters. The topological polar surface area (TPSA) is 52.1 Å². The Bertz CT molecular complexity index is 458. The molecule has 0 radical (unpaired) electrons. The number of pyridine rings is 1. The van der Waals surface area contributed by atoms with Gasteiger partial charge in [0.2, 0.25) is 0 Å². The van der Waals surface area contributed by atoms with Crippen molar-refractivity contribution in [2.24, 2.45) is 0 Å². The molecular weight excluding hydrogens is 204 g/mol. The molecule has 3 aromatic rings. The van der Waals surface area contributed by atoms with Gasteiger partial charge in [0.25, 0.3) is 0 Å². The molecule has 0 spiro atoms. The maximum atomic E-state index is 5.16. The molecule has 3 aromatic heterocycles. The van der Waals surface area contributed by atoms with Crippen molar-refractivity contribution in [2.75, 3.05) is 0 Å². The van der Waals surface area contributed by atoms with E-state index < -0.39 is 0 Å². The summed E-state index contributed by atoms with van der Waals surface area (Å²) in [5.74, 6) is 0.811. The van der Waals surface area contributed by atoms with Crippen LogP contribution in [0.5, 0.6) is 0 Å². The maximum Gasteiger partial charge on any atom is 0.180 e. The van der Waals surface area contributed by atoms with Crippen LogP contribution >= 0.6 is 0 Å². The van der Waals surface area contributed by atoms with E-state index in [1.165, 1.54) is 12.7 Å². The Balaban J connectivity index is 0.000000162. The summed E-state index contributed by atoms with van der Waals surface area (Å²) in [6.45, 7) is 0. The van der Waals surface area contributed by atoms with E-state index in [0.717, 1.165) is 11.5 Å². The van der Waals surface area contributed by atoms with Gasteiger partial charge in [0.1, 0.15) is 12.0 Å². The highest BCUT2D eigenvalue weighted by molar-refractivity contribution is 5.50. The molecule has 0 bridgehead atoms. The Hall–Kier alpha value is -2.36. The zero-order chi connectivity index (χ0) is 11.1. The van der Waals surface area contributed by atoms with Gasteiger partial charge in [0, 0.05) is 6.20 Å². The van der Waals surface area contributed by atoms with Crippen molar-refractivity contribution in [2.45, 2.75) is 0 Å². The molecule has 0 aliphatic carbocycles. The predicted molar refractivity (Wildman–Crippen MR) is 58.4 cm³/mol. The second-order valence-electron chi connectivity index (χ2n) is 2.87. The fourth-order valence-corrected chi connectivity index (χ4v) is 1.11. The van der Waals surface area contributed by atoms with Crippen LogP contribution in [-0.4, -0.2) is 9.97 Å². The van der Waals surface area contributed by atoms with E-state index in [1.54, 1.807) is 18.7 Å². The van der Waals surface area contributed by atoms with E-state index in [-0.39, 0.29) is 0 Å². The number of aromatic nitrogens is 2. The fraction of sp³-hybridized carbons (Fsp3) is 0. The minimum atomic E-state index is 0.811. The molecule has 0 N–H and O–H groups in total. The zero-order valence-electron chi connectivity index (χ0n) is 8.48. The minimum absolute atomic E-state index is 0.811. The average molecular weight is 214 g/mol. The van der Waals surface area contributed by atoms with Crippen LogP contribution in [0, 0.1) is 0 Å². The van der Waals surface area contributed by atoms with E-state index in [1.807, 2.05) is 30.3 Å². The molecule has 0 aliphatic heterocycles. The third-order valence-electron chi connectivity index (χ3n) is 1.79. The van der Waals surface area contributed by atoms with Crippen LogP contribution in [0.3, 0.4) is 0 Å². The molecule has 4 nitrogen and oxygen atoms in total. The lowest BCUT2D eigenvalue weighted by Crippen LogP contribution is -1.76. The van der Waals surface area contributed by atoms with Gasteiger partial charge < -0.3 is 8.83 Å². The summed E-state index contributed by atoms with van der Waals surface area (Å²) in [6.07, 6.45) is 7.86. The minimum Gasteiger partial charge on any atom is -0.463 e. The van der Waals surface area contributed by atoms with Crippen LogP contribution in [0.4, 0.5) is 0 Å². The summed E-state index contributed by atoms with van der Waals surface area (Å²) >= 11 is 0. The molecule has 0 aliphatic rings. The average Bonchev–Trinajstić information content (AvgIpc) is 3.07. The van der Waals surface area contributed by atoms with Crippen LogP contribution in [-0.2, 0) is 0 Å². The van der Waals surface area contributed by atoms with Gasteiger partial charge in [-0.1, -0.05) is 6.07 Å². The van der Waals surface area contributed by atoms with Gasteiger partial charge >= 0.3 is 0 Å². The number of oxazole rings is 1. The van der Waals surface area contributed by atoms with Crippen molar-refractivity contribution in [3.8, 4) is 11.5 Å². The van der Waals surface area contributed by atoms with Gasteiger partial charge in [-0.25, -0.2) is 4.98 Å². The van der Waals surface area contributed by atoms with E-state index in [4.69, 9.17) is 4.42 Å². The Morgan fingerprint density at radius 3 is 2.44 bits per heavy atom. The predicted octanol–water partition coefficient (Wildman–Crippen LogP) is 3.02. The highest BCUT2D eigenvalue weighted by Crippen LogP contribution is 2.15. The lowest BCUT2D eigenvalue weighted by Gasteiger charge is -1.91. The maximum absolute atomic E-state index is 5.16. The summed E-state index contributed by atoms with van der Waals surface area (Å²) < 4.78 is 9.63. The molecule has 16 heavy (non-hydrogen) atoms. The Labute approximate surface area is 92.6 Å². The van der Waals surface area contributed by atoms with Crippen molar-refractivity contribution in [1.29, 1.82) is 0 Å². The van der Waals surface area contributed by atoms with Crippen molar-refractivity contribution in [1.82, 2.24) is 9.97 Å². The molecule has 0 atom stereocenters. The number of hydrogen-bond acceptors (Lipinski definition) is 4. The Morgan fingerprint density at radius 2 is 1.94 bits per heavy atom. The van der Waals surface area contributed by atoms with Crippen LogP contribution in [0.15, 0.2) is 70.5 Å². The highest BCUT2D eigenvalue weighted by atomic mass is 16.3. The smallest absolute Gasteiger partial charge is 0.180 e. The van der Waals surface area contributed by atoms with E-state index in [9.17, 15) is 0 Å². The monoisotopic (exact) mass is 214 g/mol. The summed E-state index contributed by atoms with van der Waals surface area (Å²) in [5, 5.41) is 0. The first kappa shape index (κ1) is 10.2. The first-order valence-electron chi connectivity index (χ1n) is 4.74. The SMILES string of the molecule is c1ccc(-c2ccco2)nc1.c1cocn1. The first-order chi connectivity index (χ1) is 7.97. The third-order valence-corrected chi connectivity index (χ3v) is 1.79. The largest absolute Gasteiger partial charge is 0.463 e. The molecule has 0 fully saturated rings.